The number of allylic oxidation sites excluding steroid dienone is 6. The van der Waals surface area contributed by atoms with Crippen molar-refractivity contribution >= 4 is 84.8 Å². The van der Waals surface area contributed by atoms with Crippen molar-refractivity contribution in [3.05, 3.63) is 95.8 Å². The van der Waals surface area contributed by atoms with E-state index in [4.69, 9.17) is 0 Å². The van der Waals surface area contributed by atoms with E-state index in [1.807, 2.05) is 60.4 Å². The number of carbonyl (C=O) groups is 6. The molecule has 0 saturated heterocycles. The average Bonchev–Trinajstić information content (AvgIpc) is 2.20. The number of unbranched alkanes of at least 4 members (excludes halogenated alkanes) is 2. The minimum Gasteiger partial charge on any atom is -0.691 e. The fourth-order valence-corrected chi connectivity index (χ4v) is 12.3. The lowest BCUT2D eigenvalue weighted by Gasteiger charge is -2.30. The number of amides is 6. The van der Waals surface area contributed by atoms with Crippen molar-refractivity contribution < 1.29 is 73.9 Å². The SMILES string of the molecule is CC1(C)C2=[N+](CCCCCC(=O)NC(C(=O)NCCCCCC(=O)NCCN3C(=O)C=CC3=O)CCCCNC(=O)CCCCCC3(C)/C(=C/C=C/C=C/2)N(CCCS(=O)(=O)O)c2ccc(S(=O)(=O)O)cc23)c2ccc(SOO[O-])cc21. The predicted molar refractivity (Wildman–Crippen MR) is 306 cm³/mol. The largest absolute Gasteiger partial charge is 0.691 e. The Kier molecular flexibility index (Phi) is 24.2. The van der Waals surface area contributed by atoms with Crippen molar-refractivity contribution in [3.8, 4) is 0 Å². The minimum atomic E-state index is -4.61. The number of nitrogens with one attached hydrogen (secondary N) is 4. The molecule has 0 radical (unpaired) electrons. The molecule has 4 aliphatic heterocycles. The first-order chi connectivity index (χ1) is 39.0. The third-order valence-corrected chi connectivity index (χ3v) is 17.5. The van der Waals surface area contributed by atoms with Gasteiger partial charge in [-0.15, -0.1) is 0 Å². The second kappa shape index (κ2) is 30.5. The van der Waals surface area contributed by atoms with Crippen LogP contribution in [0.2, 0.25) is 0 Å². The number of nitrogens with zero attached hydrogens (tertiary/aromatic N) is 3. The molecule has 6 N–H and O–H groups in total. The summed E-state index contributed by atoms with van der Waals surface area (Å²) in [6, 6.07) is 9.26. The number of fused-ring (bicyclic) bond motifs is 5. The van der Waals surface area contributed by atoms with Crippen LogP contribution in [0.15, 0.2) is 94.4 Å². The van der Waals surface area contributed by atoms with Gasteiger partial charge in [-0.1, -0.05) is 37.5 Å². The van der Waals surface area contributed by atoms with Gasteiger partial charge in [-0.3, -0.25) is 47.8 Å². The molecule has 6 rings (SSSR count). The van der Waals surface area contributed by atoms with Crippen LogP contribution >= 0.6 is 12.0 Å². The van der Waals surface area contributed by atoms with Gasteiger partial charge < -0.3 is 31.4 Å². The zero-order chi connectivity index (χ0) is 59.5. The predicted octanol–water partition coefficient (Wildman–Crippen LogP) is 5.61. The summed E-state index contributed by atoms with van der Waals surface area (Å²) < 4.78 is 75.4. The number of carbonyl (C=O) groups excluding carboxylic acids is 6. The molecule has 2 aromatic carbocycles. The maximum absolute atomic E-state index is 13.6. The standard InChI is InChI=1S/C57H77N7O15S3/c1-56(2)43-39-41(80-79-78-71)25-27-46(43)62-35-17-7-12-24-52(67)61-45(55(70)60-33-15-6-11-23-51(66)59-34-37-64-53(68)29-30-54(64)69)19-13-16-32-58-50(65)22-10-5-14-31-57(3)44-40-42(82(75,76)77)26-28-47(44)63(36-18-38-81(72,73)74)49(57)21-9-4-8-20-48(56)62/h4,8-9,20-21,25-30,39-40,45H,5-7,10-19,22-24,31-38H2,1-3H3,(H6-,58,59,60,61,65,66,67,70,71,72,73,74,75,76,77). The number of benzene rings is 2. The van der Waals surface area contributed by atoms with Gasteiger partial charge in [0, 0.05) is 110 Å². The van der Waals surface area contributed by atoms with Crippen LogP contribution in [0.4, 0.5) is 11.4 Å². The van der Waals surface area contributed by atoms with Crippen LogP contribution in [-0.2, 0) is 69.2 Å². The van der Waals surface area contributed by atoms with E-state index in [0.29, 0.717) is 119 Å². The lowest BCUT2D eigenvalue weighted by molar-refractivity contribution is -0.777. The average molecular weight is 1200 g/mol. The maximum Gasteiger partial charge on any atom is 0.294 e. The van der Waals surface area contributed by atoms with E-state index >= 15 is 0 Å². The van der Waals surface area contributed by atoms with Crippen LogP contribution in [0.1, 0.15) is 141 Å². The second-order valence-electron chi connectivity index (χ2n) is 21.6. The van der Waals surface area contributed by atoms with Crippen molar-refractivity contribution in [3.63, 3.8) is 0 Å². The van der Waals surface area contributed by atoms with Gasteiger partial charge in [-0.25, -0.2) is 0 Å². The first-order valence-corrected chi connectivity index (χ1v) is 31.8. The molecule has 82 heavy (non-hydrogen) atoms. The fraction of sp³-hybridized carbons (Fsp3) is 0.526. The van der Waals surface area contributed by atoms with Crippen molar-refractivity contribution in [1.82, 2.24) is 26.2 Å². The van der Waals surface area contributed by atoms with Crippen LogP contribution in [0.25, 0.3) is 0 Å². The molecule has 4 aliphatic rings. The molecule has 6 amide bonds. The highest BCUT2D eigenvalue weighted by atomic mass is 32.2. The number of anilines is 1. The number of hydrogen-bond donors (Lipinski definition) is 6. The van der Waals surface area contributed by atoms with E-state index in [1.165, 1.54) is 24.3 Å². The Bertz CT molecular complexity index is 3030. The second-order valence-corrected chi connectivity index (χ2v) is 25.4. The molecular formula is C57H77N7O15S3. The van der Waals surface area contributed by atoms with E-state index in [-0.39, 0.29) is 73.8 Å². The molecule has 0 spiro atoms. The van der Waals surface area contributed by atoms with Crippen molar-refractivity contribution in [2.45, 2.75) is 157 Å². The van der Waals surface area contributed by atoms with Gasteiger partial charge in [0.25, 0.3) is 32.1 Å². The molecule has 25 heteroatoms. The van der Waals surface area contributed by atoms with E-state index in [9.17, 15) is 60.0 Å². The first kappa shape index (κ1) is 65.1. The van der Waals surface area contributed by atoms with Crippen molar-refractivity contribution in [2.75, 3.05) is 49.9 Å². The lowest BCUT2D eigenvalue weighted by atomic mass is 9.77. The van der Waals surface area contributed by atoms with Gasteiger partial charge in [-0.05, 0) is 127 Å². The summed E-state index contributed by atoms with van der Waals surface area (Å²) >= 11 is 0.796. The highest BCUT2D eigenvalue weighted by molar-refractivity contribution is 7.94. The van der Waals surface area contributed by atoms with Crippen LogP contribution in [0, 0.1) is 0 Å². The Balaban J connectivity index is 1.17. The molecule has 448 valence electrons. The molecule has 4 heterocycles. The monoisotopic (exact) mass is 1200 g/mol. The van der Waals surface area contributed by atoms with E-state index in [0.717, 1.165) is 39.6 Å². The molecule has 0 bridgehead atoms. The molecule has 0 aliphatic carbocycles. The summed E-state index contributed by atoms with van der Waals surface area (Å²) in [6.07, 6.45) is 20.1. The summed E-state index contributed by atoms with van der Waals surface area (Å²) in [5.74, 6) is -2.26. The molecule has 2 aromatic rings. The Morgan fingerprint density at radius 2 is 1.52 bits per heavy atom. The summed E-state index contributed by atoms with van der Waals surface area (Å²) in [4.78, 5) is 79.3. The third-order valence-electron chi connectivity index (χ3n) is 15.2. The Morgan fingerprint density at radius 1 is 0.780 bits per heavy atom. The molecule has 0 fully saturated rings. The lowest BCUT2D eigenvalue weighted by Crippen LogP contribution is -2.47. The van der Waals surface area contributed by atoms with Gasteiger partial charge >= 0.3 is 0 Å². The fourth-order valence-electron chi connectivity index (χ4n) is 10.9. The van der Waals surface area contributed by atoms with E-state index < -0.39 is 54.7 Å². The van der Waals surface area contributed by atoms with Gasteiger partial charge in [0.2, 0.25) is 29.3 Å². The molecule has 2 unspecified atom stereocenters. The van der Waals surface area contributed by atoms with Crippen LogP contribution in [-0.4, -0.2) is 128 Å². The highest BCUT2D eigenvalue weighted by Gasteiger charge is 2.45. The Labute approximate surface area is 484 Å². The summed E-state index contributed by atoms with van der Waals surface area (Å²) in [7, 11) is -8.91. The number of hydrogen-bond acceptors (Lipinski definition) is 15. The van der Waals surface area contributed by atoms with Gasteiger partial charge in [0.1, 0.15) is 12.6 Å². The van der Waals surface area contributed by atoms with E-state index in [1.54, 1.807) is 6.07 Å². The van der Waals surface area contributed by atoms with Crippen molar-refractivity contribution in [2.24, 2.45) is 0 Å². The Morgan fingerprint density at radius 3 is 2.26 bits per heavy atom. The Hall–Kier alpha value is -6.06. The summed E-state index contributed by atoms with van der Waals surface area (Å²) in [5, 5.41) is 25.9. The van der Waals surface area contributed by atoms with Crippen LogP contribution in [0.3, 0.4) is 0 Å². The highest BCUT2D eigenvalue weighted by Crippen LogP contribution is 2.51. The van der Waals surface area contributed by atoms with Gasteiger partial charge in [-0.2, -0.15) is 25.7 Å². The minimum absolute atomic E-state index is 0.0537. The quantitative estimate of drug-likeness (QED) is 0.0201. The molecular weight excluding hydrogens is 1120 g/mol. The molecule has 0 saturated carbocycles. The first-order valence-electron chi connectivity index (χ1n) is 28.0. The zero-order valence-electron chi connectivity index (χ0n) is 46.8. The molecule has 2 atom stereocenters. The van der Waals surface area contributed by atoms with Crippen molar-refractivity contribution in [1.29, 1.82) is 0 Å². The summed E-state index contributed by atoms with van der Waals surface area (Å²) in [6.45, 7) is 7.82. The third kappa shape index (κ3) is 18.5. The molecule has 0 aromatic heterocycles. The zero-order valence-corrected chi connectivity index (χ0v) is 49.3. The van der Waals surface area contributed by atoms with Crippen LogP contribution in [0.5, 0.6) is 0 Å². The number of imide groups is 1. The summed E-state index contributed by atoms with van der Waals surface area (Å²) in [5.41, 5.74) is 3.48. The van der Waals surface area contributed by atoms with Gasteiger partial charge in [0.05, 0.1) is 28.1 Å². The maximum atomic E-state index is 13.6. The number of rotatable bonds is 18. The van der Waals surface area contributed by atoms with Crippen LogP contribution < -0.4 is 31.4 Å². The topological polar surface area (TPSA) is 310 Å². The molecule has 22 nitrogen and oxygen atoms in total. The normalized spacial score (nSPS) is 22.1. The smallest absolute Gasteiger partial charge is 0.294 e. The van der Waals surface area contributed by atoms with E-state index in [2.05, 4.69) is 49.1 Å². The van der Waals surface area contributed by atoms with Gasteiger partial charge in [0.15, 0.2) is 5.71 Å².